The Morgan fingerprint density at radius 3 is 2.40 bits per heavy atom. The van der Waals surface area contributed by atoms with Crippen LogP contribution in [-0.2, 0) is 6.54 Å². The molecule has 3 nitrogen and oxygen atoms in total. The molecule has 0 saturated heterocycles. The van der Waals surface area contributed by atoms with Gasteiger partial charge in [-0.25, -0.2) is 4.98 Å². The number of pyridine rings is 1. The van der Waals surface area contributed by atoms with Crippen molar-refractivity contribution in [2.45, 2.75) is 45.5 Å². The van der Waals surface area contributed by atoms with Crippen LogP contribution >= 0.6 is 0 Å². The van der Waals surface area contributed by atoms with Crippen molar-refractivity contribution in [2.75, 3.05) is 18.5 Å². The monoisotopic (exact) mass is 289 g/mol. The Morgan fingerprint density at radius 2 is 1.85 bits per heavy atom. The normalized spacial score (nSPS) is 12.6. The third kappa shape index (κ3) is 6.75. The molecule has 1 heterocycles. The Kier molecular flexibility index (Phi) is 5.39. The van der Waals surface area contributed by atoms with Gasteiger partial charge in [-0.1, -0.05) is 6.07 Å². The van der Waals surface area contributed by atoms with Gasteiger partial charge in [-0.15, -0.1) is 0 Å². The van der Waals surface area contributed by atoms with Crippen molar-refractivity contribution in [3.8, 4) is 0 Å². The lowest BCUT2D eigenvalue weighted by atomic mass is 10.1. The minimum Gasteiger partial charge on any atom is -0.359 e. The third-order valence-electron chi connectivity index (χ3n) is 2.71. The van der Waals surface area contributed by atoms with Gasteiger partial charge < -0.3 is 10.2 Å². The van der Waals surface area contributed by atoms with Crippen LogP contribution in [0.3, 0.4) is 0 Å². The molecular weight excluding hydrogens is 267 g/mol. The molecule has 1 N–H and O–H groups in total. The second kappa shape index (κ2) is 6.43. The summed E-state index contributed by atoms with van der Waals surface area (Å²) in [7, 11) is 1.62. The van der Waals surface area contributed by atoms with Crippen molar-refractivity contribution in [3.05, 3.63) is 23.9 Å². The molecule has 20 heavy (non-hydrogen) atoms. The molecule has 0 aliphatic carbocycles. The topological polar surface area (TPSA) is 28.2 Å². The first kappa shape index (κ1) is 16.8. The number of nitrogens with one attached hydrogen (secondary N) is 1. The lowest BCUT2D eigenvalue weighted by Crippen LogP contribution is -2.35. The van der Waals surface area contributed by atoms with Crippen molar-refractivity contribution in [2.24, 2.45) is 0 Å². The summed E-state index contributed by atoms with van der Waals surface area (Å²) >= 11 is 0. The molecule has 0 saturated carbocycles. The summed E-state index contributed by atoms with van der Waals surface area (Å²) in [5.41, 5.74) is 0.788. The number of alkyl halides is 3. The summed E-state index contributed by atoms with van der Waals surface area (Å²) in [5, 5.41) is 3.30. The maximum atomic E-state index is 12.2. The first-order valence-electron chi connectivity index (χ1n) is 6.56. The Morgan fingerprint density at radius 1 is 1.20 bits per heavy atom. The second-order valence-electron chi connectivity index (χ2n) is 5.88. The average molecular weight is 289 g/mol. The molecule has 0 fully saturated rings. The van der Waals surface area contributed by atoms with Crippen molar-refractivity contribution >= 4 is 5.82 Å². The van der Waals surface area contributed by atoms with Gasteiger partial charge in [-0.05, 0) is 32.9 Å². The van der Waals surface area contributed by atoms with Crippen LogP contribution in [0.5, 0.6) is 0 Å². The Labute approximate surface area is 118 Å². The molecule has 0 unspecified atom stereocenters. The molecule has 1 aromatic rings. The number of hydrogen-bond donors (Lipinski definition) is 1. The first-order valence-corrected chi connectivity index (χ1v) is 6.56. The largest absolute Gasteiger partial charge is 0.390 e. The van der Waals surface area contributed by atoms with E-state index in [1.807, 2.05) is 32.9 Å². The van der Waals surface area contributed by atoms with E-state index in [2.05, 4.69) is 10.3 Å². The third-order valence-corrected chi connectivity index (χ3v) is 2.71. The predicted octanol–water partition coefficient (Wildman–Crippen LogP) is 3.36. The Hall–Kier alpha value is -1.30. The molecule has 114 valence electrons. The van der Waals surface area contributed by atoms with Crippen molar-refractivity contribution in [3.63, 3.8) is 0 Å². The van der Waals surface area contributed by atoms with Gasteiger partial charge in [0.1, 0.15) is 5.82 Å². The smallest absolute Gasteiger partial charge is 0.359 e. The molecule has 1 aromatic heterocycles. The van der Waals surface area contributed by atoms with Gasteiger partial charge in [-0.2, -0.15) is 13.2 Å². The van der Waals surface area contributed by atoms with E-state index in [4.69, 9.17) is 0 Å². The highest BCUT2D eigenvalue weighted by atomic mass is 19.4. The fraction of sp³-hybridized carbons (Fsp3) is 0.643. The molecule has 0 aliphatic heterocycles. The maximum Gasteiger partial charge on any atom is 0.390 e. The zero-order chi connectivity index (χ0) is 15.4. The summed E-state index contributed by atoms with van der Waals surface area (Å²) in [5.74, 6) is 0.558. The van der Waals surface area contributed by atoms with Crippen molar-refractivity contribution < 1.29 is 13.2 Å². The van der Waals surface area contributed by atoms with Gasteiger partial charge in [0.25, 0.3) is 0 Å². The average Bonchev–Trinajstić information content (AvgIpc) is 2.32. The van der Waals surface area contributed by atoms with Gasteiger partial charge in [0.2, 0.25) is 0 Å². The van der Waals surface area contributed by atoms with E-state index in [1.54, 1.807) is 13.1 Å². The van der Waals surface area contributed by atoms with Crippen LogP contribution < -0.4 is 10.2 Å². The summed E-state index contributed by atoms with van der Waals surface area (Å²) in [6, 6.07) is 5.39. The van der Waals surface area contributed by atoms with Crippen LogP contribution in [0.4, 0.5) is 19.0 Å². The van der Waals surface area contributed by atoms with E-state index in [1.165, 1.54) is 4.90 Å². The van der Waals surface area contributed by atoms with E-state index in [0.29, 0.717) is 12.4 Å². The SMILES string of the molecule is CN(CCC(F)(F)F)c1cccc(CNC(C)(C)C)n1. The van der Waals surface area contributed by atoms with Crippen molar-refractivity contribution in [1.29, 1.82) is 0 Å². The number of halogens is 3. The summed E-state index contributed by atoms with van der Waals surface area (Å²) < 4.78 is 36.6. The predicted molar refractivity (Wildman–Crippen MR) is 74.8 cm³/mol. The summed E-state index contributed by atoms with van der Waals surface area (Å²) in [6.07, 6.45) is -4.98. The lowest BCUT2D eigenvalue weighted by Gasteiger charge is -2.22. The van der Waals surface area contributed by atoms with Crippen LogP contribution in [0.15, 0.2) is 18.2 Å². The molecule has 0 atom stereocenters. The van der Waals surface area contributed by atoms with E-state index in [9.17, 15) is 13.2 Å². The number of anilines is 1. The number of aromatic nitrogens is 1. The van der Waals surface area contributed by atoms with Crippen LogP contribution in [0.2, 0.25) is 0 Å². The summed E-state index contributed by atoms with van der Waals surface area (Å²) in [6.45, 7) is 6.64. The molecule has 0 bridgehead atoms. The summed E-state index contributed by atoms with van der Waals surface area (Å²) in [4.78, 5) is 5.89. The molecule has 0 amide bonds. The molecule has 0 aromatic carbocycles. The van der Waals surface area contributed by atoms with E-state index < -0.39 is 12.6 Å². The second-order valence-corrected chi connectivity index (χ2v) is 5.88. The highest BCUT2D eigenvalue weighted by molar-refractivity contribution is 5.38. The maximum absolute atomic E-state index is 12.2. The van der Waals surface area contributed by atoms with Gasteiger partial charge >= 0.3 is 6.18 Å². The zero-order valence-corrected chi connectivity index (χ0v) is 12.4. The van der Waals surface area contributed by atoms with Gasteiger partial charge in [0.15, 0.2) is 0 Å². The van der Waals surface area contributed by atoms with Crippen LogP contribution in [0.25, 0.3) is 0 Å². The fourth-order valence-electron chi connectivity index (χ4n) is 1.54. The standard InChI is InChI=1S/C14H22F3N3/c1-13(2,3)18-10-11-6-5-7-12(19-11)20(4)9-8-14(15,16)17/h5-7,18H,8-10H2,1-4H3. The van der Waals surface area contributed by atoms with E-state index >= 15 is 0 Å². The van der Waals surface area contributed by atoms with E-state index in [-0.39, 0.29) is 12.1 Å². The highest BCUT2D eigenvalue weighted by Gasteiger charge is 2.27. The highest BCUT2D eigenvalue weighted by Crippen LogP contribution is 2.21. The zero-order valence-electron chi connectivity index (χ0n) is 12.4. The van der Waals surface area contributed by atoms with Crippen molar-refractivity contribution in [1.82, 2.24) is 10.3 Å². The molecule has 0 radical (unpaired) electrons. The van der Waals surface area contributed by atoms with E-state index in [0.717, 1.165) is 5.69 Å². The Balaban J connectivity index is 2.63. The molecular formula is C14H22F3N3. The van der Waals surface area contributed by atoms with Crippen LogP contribution in [-0.4, -0.2) is 30.3 Å². The number of nitrogens with zero attached hydrogens (tertiary/aromatic N) is 2. The first-order chi connectivity index (χ1) is 9.07. The van der Waals surface area contributed by atoms with Crippen LogP contribution in [0, 0.1) is 0 Å². The lowest BCUT2D eigenvalue weighted by molar-refractivity contribution is -0.132. The quantitative estimate of drug-likeness (QED) is 0.901. The minimum absolute atomic E-state index is 0.0279. The fourth-order valence-corrected chi connectivity index (χ4v) is 1.54. The number of rotatable bonds is 5. The number of hydrogen-bond acceptors (Lipinski definition) is 3. The van der Waals surface area contributed by atoms with Gasteiger partial charge in [0, 0.05) is 25.7 Å². The van der Waals surface area contributed by atoms with Crippen LogP contribution in [0.1, 0.15) is 32.9 Å². The Bertz CT molecular complexity index is 424. The molecule has 1 rings (SSSR count). The minimum atomic E-state index is -4.14. The molecule has 0 spiro atoms. The van der Waals surface area contributed by atoms with Gasteiger partial charge in [0.05, 0.1) is 12.1 Å². The molecule has 6 heteroatoms. The molecule has 0 aliphatic rings. The van der Waals surface area contributed by atoms with Gasteiger partial charge in [-0.3, -0.25) is 0 Å².